The molecule has 0 aliphatic carbocycles. The molecule has 0 radical (unpaired) electrons. The lowest BCUT2D eigenvalue weighted by atomic mass is 10.0. The van der Waals surface area contributed by atoms with E-state index >= 15 is 0 Å². The molecule has 5 nitrogen and oxygen atoms in total. The van der Waals surface area contributed by atoms with Gasteiger partial charge in [0.25, 0.3) is 5.56 Å². The first-order valence-electron chi connectivity index (χ1n) is 8.09. The third kappa shape index (κ3) is 3.84. The molecule has 1 unspecified atom stereocenters. The molecule has 0 saturated carbocycles. The van der Waals surface area contributed by atoms with Crippen LogP contribution in [-0.4, -0.2) is 22.3 Å². The number of hydrogen-bond donors (Lipinski definition) is 2. The number of halogens is 3. The Morgan fingerprint density at radius 2 is 2.00 bits per heavy atom. The number of aromatic nitrogens is 2. The van der Waals surface area contributed by atoms with Gasteiger partial charge in [-0.1, -0.05) is 30.3 Å². The summed E-state index contributed by atoms with van der Waals surface area (Å²) in [6.07, 6.45) is -5.09. The van der Waals surface area contributed by atoms with Gasteiger partial charge in [-0.2, -0.15) is 13.2 Å². The van der Waals surface area contributed by atoms with Gasteiger partial charge < -0.3 is 11.1 Å². The van der Waals surface area contributed by atoms with Crippen LogP contribution in [0.15, 0.2) is 35.1 Å². The highest BCUT2D eigenvalue weighted by Crippen LogP contribution is 2.30. The van der Waals surface area contributed by atoms with E-state index in [4.69, 9.17) is 5.73 Å². The molecule has 1 aromatic carbocycles. The second kappa shape index (κ2) is 6.87. The van der Waals surface area contributed by atoms with Crippen molar-refractivity contribution < 1.29 is 13.2 Å². The van der Waals surface area contributed by atoms with E-state index in [9.17, 15) is 18.0 Å². The van der Waals surface area contributed by atoms with Crippen LogP contribution in [0.25, 0.3) is 0 Å². The quantitative estimate of drug-likeness (QED) is 0.886. The molecule has 0 saturated heterocycles. The minimum atomic E-state index is -4.31. The lowest BCUT2D eigenvalue weighted by Crippen LogP contribution is -2.38. The van der Waals surface area contributed by atoms with E-state index in [1.807, 2.05) is 0 Å². The second-order valence-corrected chi connectivity index (χ2v) is 6.08. The maximum Gasteiger partial charge on any atom is 0.389 e. The van der Waals surface area contributed by atoms with Crippen LogP contribution in [0.2, 0.25) is 0 Å². The van der Waals surface area contributed by atoms with Crippen LogP contribution in [0.4, 0.5) is 19.1 Å². The van der Waals surface area contributed by atoms with Crippen molar-refractivity contribution in [2.45, 2.75) is 38.0 Å². The van der Waals surface area contributed by atoms with E-state index in [0.717, 1.165) is 0 Å². The molecule has 1 aromatic heterocycles. The van der Waals surface area contributed by atoms with Crippen LogP contribution in [0, 0.1) is 0 Å². The summed E-state index contributed by atoms with van der Waals surface area (Å²) in [6.45, 7) is 1.07. The van der Waals surface area contributed by atoms with Gasteiger partial charge in [0.2, 0.25) is 5.95 Å². The number of alkyl halides is 3. The zero-order valence-corrected chi connectivity index (χ0v) is 13.5. The fraction of sp³-hybridized carbons (Fsp3) is 0.412. The normalized spacial score (nSPS) is 15.6. The Bertz CT molecular complexity index is 802. The van der Waals surface area contributed by atoms with Gasteiger partial charge in [0.15, 0.2) is 0 Å². The van der Waals surface area contributed by atoms with Gasteiger partial charge in [0.05, 0.1) is 11.7 Å². The van der Waals surface area contributed by atoms with Crippen molar-refractivity contribution in [1.29, 1.82) is 0 Å². The van der Waals surface area contributed by atoms with Crippen LogP contribution in [0.1, 0.15) is 35.7 Å². The minimum Gasteiger partial charge on any atom is -0.369 e. The maximum absolute atomic E-state index is 12.9. The van der Waals surface area contributed by atoms with Gasteiger partial charge in [0, 0.05) is 18.5 Å². The Morgan fingerprint density at radius 1 is 1.28 bits per heavy atom. The molecular formula is C17H19F3N4O. The summed E-state index contributed by atoms with van der Waals surface area (Å²) in [7, 11) is 0. The summed E-state index contributed by atoms with van der Waals surface area (Å²) in [6, 6.07) is 7.83. The van der Waals surface area contributed by atoms with Crippen molar-refractivity contribution >= 4 is 5.95 Å². The van der Waals surface area contributed by atoms with Crippen LogP contribution in [0.5, 0.6) is 0 Å². The van der Waals surface area contributed by atoms with Gasteiger partial charge in [-0.15, -0.1) is 0 Å². The van der Waals surface area contributed by atoms with Crippen LogP contribution in [-0.2, 0) is 13.0 Å². The van der Waals surface area contributed by atoms with E-state index in [1.165, 1.54) is 4.57 Å². The number of fused-ring (bicyclic) bond motifs is 1. The molecule has 25 heavy (non-hydrogen) atoms. The highest BCUT2D eigenvalue weighted by atomic mass is 19.4. The van der Waals surface area contributed by atoms with Crippen LogP contribution < -0.4 is 16.6 Å². The topological polar surface area (TPSA) is 72.9 Å². The molecule has 1 atom stereocenters. The number of rotatable bonds is 4. The molecule has 134 valence electrons. The monoisotopic (exact) mass is 352 g/mol. The Kier molecular flexibility index (Phi) is 4.80. The zero-order chi connectivity index (χ0) is 18.0. The van der Waals surface area contributed by atoms with E-state index in [0.29, 0.717) is 36.3 Å². The van der Waals surface area contributed by atoms with Crippen LogP contribution in [0.3, 0.4) is 0 Å². The third-order valence-corrected chi connectivity index (χ3v) is 4.36. The number of nitrogens with zero attached hydrogens (tertiary/aromatic N) is 2. The summed E-state index contributed by atoms with van der Waals surface area (Å²) in [5.41, 5.74) is 7.33. The van der Waals surface area contributed by atoms with Gasteiger partial charge in [0.1, 0.15) is 0 Å². The van der Waals surface area contributed by atoms with Gasteiger partial charge in [-0.05, 0) is 24.9 Å². The lowest BCUT2D eigenvalue weighted by molar-refractivity contribution is -0.136. The fourth-order valence-corrected chi connectivity index (χ4v) is 3.17. The smallest absolute Gasteiger partial charge is 0.369 e. The number of nitrogen functional groups attached to an aromatic ring is 1. The van der Waals surface area contributed by atoms with Crippen molar-refractivity contribution in [3.05, 3.63) is 57.5 Å². The molecular weight excluding hydrogens is 333 g/mol. The van der Waals surface area contributed by atoms with Crippen molar-refractivity contribution in [1.82, 2.24) is 14.9 Å². The fourth-order valence-electron chi connectivity index (χ4n) is 3.17. The summed E-state index contributed by atoms with van der Waals surface area (Å²) < 4.78 is 39.6. The first kappa shape index (κ1) is 17.5. The number of nitrogens with one attached hydrogen (secondary N) is 1. The molecule has 0 bridgehead atoms. The van der Waals surface area contributed by atoms with Crippen LogP contribution >= 0.6 is 0 Å². The minimum absolute atomic E-state index is 0.0523. The van der Waals surface area contributed by atoms with Crippen molar-refractivity contribution in [2.24, 2.45) is 0 Å². The molecule has 3 rings (SSSR count). The molecule has 0 amide bonds. The maximum atomic E-state index is 12.9. The Morgan fingerprint density at radius 3 is 2.68 bits per heavy atom. The van der Waals surface area contributed by atoms with Gasteiger partial charge >= 0.3 is 6.18 Å². The summed E-state index contributed by atoms with van der Waals surface area (Å²) in [4.78, 5) is 17.2. The van der Waals surface area contributed by atoms with E-state index in [1.54, 1.807) is 30.3 Å². The molecule has 1 aliphatic rings. The Balaban J connectivity index is 2.08. The van der Waals surface area contributed by atoms with Crippen molar-refractivity contribution in [2.75, 3.05) is 12.3 Å². The molecule has 0 spiro atoms. The Hall–Kier alpha value is -2.35. The number of hydrogen-bond acceptors (Lipinski definition) is 4. The summed E-state index contributed by atoms with van der Waals surface area (Å²) in [5, 5.41) is 3.11. The second-order valence-electron chi connectivity index (χ2n) is 6.08. The van der Waals surface area contributed by atoms with E-state index < -0.39 is 18.6 Å². The lowest BCUT2D eigenvalue weighted by Gasteiger charge is -2.25. The highest BCUT2D eigenvalue weighted by molar-refractivity contribution is 5.32. The number of benzene rings is 1. The van der Waals surface area contributed by atoms with Crippen molar-refractivity contribution in [3.8, 4) is 0 Å². The SMILES string of the molecule is Nc1nc2c(c(=O)n1C(CCC(F)(F)F)c1ccccc1)CCNC2. The van der Waals surface area contributed by atoms with Gasteiger partial charge in [-0.25, -0.2) is 4.98 Å². The molecule has 0 fully saturated rings. The molecule has 8 heteroatoms. The van der Waals surface area contributed by atoms with Crippen molar-refractivity contribution in [3.63, 3.8) is 0 Å². The first-order chi connectivity index (χ1) is 11.9. The molecule has 2 heterocycles. The average molecular weight is 352 g/mol. The summed E-state index contributed by atoms with van der Waals surface area (Å²) in [5.74, 6) is -0.0523. The van der Waals surface area contributed by atoms with E-state index in [-0.39, 0.29) is 17.9 Å². The zero-order valence-electron chi connectivity index (χ0n) is 13.5. The summed E-state index contributed by atoms with van der Waals surface area (Å²) >= 11 is 0. The predicted octanol–water partition coefficient (Wildman–Crippen LogP) is 2.40. The molecule has 3 N–H and O–H groups in total. The highest BCUT2D eigenvalue weighted by Gasteiger charge is 2.31. The molecule has 1 aliphatic heterocycles. The largest absolute Gasteiger partial charge is 0.389 e. The molecule has 2 aromatic rings. The number of nitrogens with two attached hydrogens (primary N) is 1. The average Bonchev–Trinajstić information content (AvgIpc) is 2.57. The van der Waals surface area contributed by atoms with E-state index in [2.05, 4.69) is 10.3 Å². The Labute approximate surface area is 142 Å². The van der Waals surface area contributed by atoms with Gasteiger partial charge in [-0.3, -0.25) is 9.36 Å². The predicted molar refractivity (Wildman–Crippen MR) is 88.2 cm³/mol. The first-order valence-corrected chi connectivity index (χ1v) is 8.09. The third-order valence-electron chi connectivity index (χ3n) is 4.36. The standard InChI is InChI=1S/C17H19F3N4O/c18-17(19,20)8-6-14(11-4-2-1-3-5-11)24-15(25)12-7-9-22-10-13(12)23-16(24)21/h1-5,14,22H,6-10H2,(H2,21,23). The number of anilines is 1.